The lowest BCUT2D eigenvalue weighted by molar-refractivity contribution is 0.0581. The zero-order valence-corrected chi connectivity index (χ0v) is 15.2. The molecule has 0 unspecified atom stereocenters. The predicted octanol–water partition coefficient (Wildman–Crippen LogP) is 2.77. The van der Waals surface area contributed by atoms with Gasteiger partial charge in [-0.1, -0.05) is 30.3 Å². The fraction of sp³-hybridized carbons (Fsp3) is 0.556. The Bertz CT molecular complexity index is 761. The Kier molecular flexibility index (Phi) is 4.28. The SMILES string of the molecule is CN1CCN(Cn2nc(C3CC3)n(C)c2=S)[C@@H](c2ccccc2)C1. The van der Waals surface area contributed by atoms with E-state index < -0.39 is 0 Å². The topological polar surface area (TPSA) is 29.2 Å². The average Bonchev–Trinajstić information content (AvgIpc) is 3.40. The van der Waals surface area contributed by atoms with E-state index in [1.54, 1.807) is 0 Å². The van der Waals surface area contributed by atoms with E-state index in [2.05, 4.69) is 58.8 Å². The molecule has 0 amide bonds. The Hall–Kier alpha value is -1.50. The van der Waals surface area contributed by atoms with Crippen molar-refractivity contribution < 1.29 is 0 Å². The molecular formula is C18H25N5S. The lowest BCUT2D eigenvalue weighted by Crippen LogP contribution is -2.47. The molecule has 1 saturated carbocycles. The second-order valence-corrected chi connectivity index (χ2v) is 7.48. The van der Waals surface area contributed by atoms with E-state index in [1.165, 1.54) is 18.4 Å². The molecule has 1 aliphatic heterocycles. The van der Waals surface area contributed by atoms with E-state index in [9.17, 15) is 0 Å². The van der Waals surface area contributed by atoms with Crippen molar-refractivity contribution in [1.29, 1.82) is 0 Å². The first-order valence-electron chi connectivity index (χ1n) is 8.75. The van der Waals surface area contributed by atoms with Gasteiger partial charge in [0.1, 0.15) is 5.82 Å². The van der Waals surface area contributed by atoms with E-state index in [-0.39, 0.29) is 0 Å². The Labute approximate surface area is 148 Å². The molecule has 1 aromatic carbocycles. The highest BCUT2D eigenvalue weighted by Crippen LogP contribution is 2.39. The maximum absolute atomic E-state index is 5.63. The third-order valence-corrected chi connectivity index (χ3v) is 5.70. The molecule has 2 aliphatic rings. The molecule has 1 aromatic heterocycles. The van der Waals surface area contributed by atoms with Gasteiger partial charge in [0.15, 0.2) is 4.77 Å². The largest absolute Gasteiger partial charge is 0.307 e. The quantitative estimate of drug-likeness (QED) is 0.799. The molecule has 2 fully saturated rings. The summed E-state index contributed by atoms with van der Waals surface area (Å²) >= 11 is 5.63. The number of aromatic nitrogens is 3. The van der Waals surface area contributed by atoms with Gasteiger partial charge in [0.2, 0.25) is 0 Å². The highest BCUT2D eigenvalue weighted by Gasteiger charge is 2.31. The standard InChI is InChI=1S/C18H25N5S/c1-20-10-11-22(16(12-20)14-6-4-3-5-7-14)13-23-18(24)21(2)17(19-23)15-8-9-15/h3-7,15-16H,8-13H2,1-2H3/t16-/m1/s1. The molecule has 1 saturated heterocycles. The summed E-state index contributed by atoms with van der Waals surface area (Å²) in [6, 6.07) is 11.2. The Morgan fingerprint density at radius 2 is 1.88 bits per heavy atom. The first-order chi connectivity index (χ1) is 11.6. The fourth-order valence-electron chi connectivity index (χ4n) is 3.58. The van der Waals surface area contributed by atoms with Crippen LogP contribution < -0.4 is 0 Å². The number of likely N-dealkylation sites (N-methyl/N-ethyl adjacent to an activating group) is 1. The molecule has 2 heterocycles. The third kappa shape index (κ3) is 3.06. The van der Waals surface area contributed by atoms with Crippen molar-refractivity contribution in [1.82, 2.24) is 24.1 Å². The summed E-state index contributed by atoms with van der Waals surface area (Å²) in [4.78, 5) is 4.91. The number of benzene rings is 1. The molecule has 5 nitrogen and oxygen atoms in total. The van der Waals surface area contributed by atoms with E-state index in [1.807, 2.05) is 4.68 Å². The average molecular weight is 344 g/mol. The van der Waals surface area contributed by atoms with Crippen LogP contribution in [0.1, 0.15) is 36.2 Å². The van der Waals surface area contributed by atoms with Crippen molar-refractivity contribution in [3.8, 4) is 0 Å². The Morgan fingerprint density at radius 3 is 2.58 bits per heavy atom. The minimum atomic E-state index is 0.387. The molecule has 0 spiro atoms. The molecule has 24 heavy (non-hydrogen) atoms. The van der Waals surface area contributed by atoms with Crippen LogP contribution in [-0.2, 0) is 13.7 Å². The van der Waals surface area contributed by atoms with Gasteiger partial charge < -0.3 is 9.47 Å². The van der Waals surface area contributed by atoms with Gasteiger partial charge in [-0.2, -0.15) is 5.10 Å². The van der Waals surface area contributed by atoms with Gasteiger partial charge in [0, 0.05) is 38.6 Å². The molecule has 2 aromatic rings. The van der Waals surface area contributed by atoms with Crippen LogP contribution in [0, 0.1) is 4.77 Å². The molecule has 128 valence electrons. The molecule has 1 aliphatic carbocycles. The van der Waals surface area contributed by atoms with E-state index >= 15 is 0 Å². The maximum Gasteiger partial charge on any atom is 0.198 e. The normalized spacial score (nSPS) is 22.8. The zero-order chi connectivity index (χ0) is 16.7. The lowest BCUT2D eigenvalue weighted by atomic mass is 10.0. The fourth-order valence-corrected chi connectivity index (χ4v) is 3.78. The Balaban J connectivity index is 1.60. The second-order valence-electron chi connectivity index (χ2n) is 7.12. The van der Waals surface area contributed by atoms with Crippen LogP contribution in [-0.4, -0.2) is 50.8 Å². The van der Waals surface area contributed by atoms with Crippen molar-refractivity contribution in [2.24, 2.45) is 7.05 Å². The zero-order valence-electron chi connectivity index (χ0n) is 14.4. The molecule has 1 atom stereocenters. The summed E-state index contributed by atoms with van der Waals surface area (Å²) in [6.07, 6.45) is 2.50. The number of piperazine rings is 1. The monoisotopic (exact) mass is 343 g/mol. The molecule has 0 radical (unpaired) electrons. The van der Waals surface area contributed by atoms with Gasteiger partial charge in [0.25, 0.3) is 0 Å². The minimum absolute atomic E-state index is 0.387. The van der Waals surface area contributed by atoms with Gasteiger partial charge >= 0.3 is 0 Å². The van der Waals surface area contributed by atoms with Crippen molar-refractivity contribution in [2.75, 3.05) is 26.7 Å². The van der Waals surface area contributed by atoms with Gasteiger partial charge in [-0.3, -0.25) is 4.90 Å². The Morgan fingerprint density at radius 1 is 1.12 bits per heavy atom. The smallest absolute Gasteiger partial charge is 0.198 e. The van der Waals surface area contributed by atoms with Crippen LogP contribution in [0.4, 0.5) is 0 Å². The highest BCUT2D eigenvalue weighted by molar-refractivity contribution is 7.71. The maximum atomic E-state index is 5.63. The highest BCUT2D eigenvalue weighted by atomic mass is 32.1. The van der Waals surface area contributed by atoms with Gasteiger partial charge in [-0.25, -0.2) is 4.68 Å². The van der Waals surface area contributed by atoms with Crippen molar-refractivity contribution in [2.45, 2.75) is 31.5 Å². The molecular weight excluding hydrogens is 318 g/mol. The molecule has 0 N–H and O–H groups in total. The summed E-state index contributed by atoms with van der Waals surface area (Å²) < 4.78 is 4.95. The summed E-state index contributed by atoms with van der Waals surface area (Å²) in [5.41, 5.74) is 1.37. The van der Waals surface area contributed by atoms with E-state index in [0.29, 0.717) is 12.0 Å². The number of hydrogen-bond donors (Lipinski definition) is 0. The molecule has 6 heteroatoms. The van der Waals surface area contributed by atoms with Crippen LogP contribution in [0.25, 0.3) is 0 Å². The predicted molar refractivity (Wildman–Crippen MR) is 97.4 cm³/mol. The first-order valence-corrected chi connectivity index (χ1v) is 9.15. The van der Waals surface area contributed by atoms with Crippen molar-refractivity contribution in [3.63, 3.8) is 0 Å². The second kappa shape index (κ2) is 6.43. The van der Waals surface area contributed by atoms with Crippen molar-refractivity contribution in [3.05, 3.63) is 46.5 Å². The first kappa shape index (κ1) is 16.0. The van der Waals surface area contributed by atoms with Gasteiger partial charge in [0.05, 0.1) is 6.67 Å². The van der Waals surface area contributed by atoms with Crippen LogP contribution in [0.15, 0.2) is 30.3 Å². The van der Waals surface area contributed by atoms with E-state index in [4.69, 9.17) is 17.3 Å². The number of rotatable bonds is 4. The number of nitrogens with zero attached hydrogens (tertiary/aromatic N) is 5. The summed E-state index contributed by atoms with van der Waals surface area (Å²) in [6.45, 7) is 3.93. The van der Waals surface area contributed by atoms with Gasteiger partial charge in [-0.05, 0) is 37.7 Å². The lowest BCUT2D eigenvalue weighted by Gasteiger charge is -2.40. The number of hydrogen-bond acceptors (Lipinski definition) is 4. The minimum Gasteiger partial charge on any atom is -0.307 e. The van der Waals surface area contributed by atoms with Crippen molar-refractivity contribution >= 4 is 12.2 Å². The molecule has 4 rings (SSSR count). The van der Waals surface area contributed by atoms with Gasteiger partial charge in [-0.15, -0.1) is 0 Å². The van der Waals surface area contributed by atoms with Crippen LogP contribution in [0.2, 0.25) is 0 Å². The van der Waals surface area contributed by atoms with Crippen LogP contribution in [0.5, 0.6) is 0 Å². The summed E-state index contributed by atoms with van der Waals surface area (Å²) in [5.74, 6) is 1.78. The summed E-state index contributed by atoms with van der Waals surface area (Å²) in [7, 11) is 4.25. The summed E-state index contributed by atoms with van der Waals surface area (Å²) in [5, 5.41) is 4.83. The van der Waals surface area contributed by atoms with Crippen LogP contribution >= 0.6 is 12.2 Å². The molecule has 0 bridgehead atoms. The van der Waals surface area contributed by atoms with Crippen LogP contribution in [0.3, 0.4) is 0 Å². The van der Waals surface area contributed by atoms with E-state index in [0.717, 1.165) is 36.9 Å². The third-order valence-electron chi connectivity index (χ3n) is 5.21.